The topological polar surface area (TPSA) is 66.4 Å². The maximum absolute atomic E-state index is 8.59. The van der Waals surface area contributed by atoms with Crippen molar-refractivity contribution >= 4 is 11.0 Å². The zero-order valence-electron chi connectivity index (χ0n) is 4.92. The van der Waals surface area contributed by atoms with Gasteiger partial charge >= 0.3 is 0 Å². The molecule has 0 aromatic heterocycles. The van der Waals surface area contributed by atoms with Gasteiger partial charge in [0.15, 0.2) is 0 Å². The van der Waals surface area contributed by atoms with E-state index < -0.39 is 11.0 Å². The molecule has 8 heavy (non-hydrogen) atoms. The van der Waals surface area contributed by atoms with Crippen LogP contribution in [0.25, 0.3) is 0 Å². The first-order valence-electron chi connectivity index (χ1n) is 2.13. The van der Waals surface area contributed by atoms with Crippen LogP contribution in [0.3, 0.4) is 0 Å². The Balaban J connectivity index is 0. The van der Waals surface area contributed by atoms with Gasteiger partial charge < -0.3 is 5.32 Å². The lowest BCUT2D eigenvalue weighted by Crippen LogP contribution is -2.01. The second-order valence-corrected chi connectivity index (χ2v) is 1.42. The molecule has 0 spiro atoms. The van der Waals surface area contributed by atoms with Crippen molar-refractivity contribution in [2.45, 2.75) is 6.92 Å². The molecule has 0 aromatic carbocycles. The molecule has 52 valence electrons. The van der Waals surface area contributed by atoms with E-state index in [1.54, 1.807) is 0 Å². The molecular formula is C3H11NO3S. The van der Waals surface area contributed by atoms with Crippen molar-refractivity contribution in [2.24, 2.45) is 0 Å². The van der Waals surface area contributed by atoms with Gasteiger partial charge in [0.25, 0.3) is 11.0 Å². The summed E-state index contributed by atoms with van der Waals surface area (Å²) in [5.41, 5.74) is 0. The molecule has 0 aliphatic heterocycles. The van der Waals surface area contributed by atoms with Crippen LogP contribution in [-0.4, -0.2) is 26.6 Å². The standard InChI is InChI=1S/C3H9N.H2O3S/c1-3-4-2;1-4(2)3/h4H,3H2,1-2H3;4H,(H,1,2,3). The van der Waals surface area contributed by atoms with E-state index in [-0.39, 0.29) is 0 Å². The highest BCUT2D eigenvalue weighted by Crippen LogP contribution is 1.34. The van der Waals surface area contributed by atoms with E-state index in [0.29, 0.717) is 0 Å². The Labute approximate surface area is 50.7 Å². The zero-order chi connectivity index (χ0) is 6.99. The SMILES string of the molecule is CCNC.O=[SH](=O)O. The van der Waals surface area contributed by atoms with Crippen LogP contribution in [0.4, 0.5) is 0 Å². The number of nitrogens with one attached hydrogen (secondary N) is 1. The van der Waals surface area contributed by atoms with Crippen LogP contribution in [-0.2, 0) is 11.0 Å². The molecule has 0 heterocycles. The summed E-state index contributed by atoms with van der Waals surface area (Å²) in [5.74, 6) is 0. The lowest BCUT2D eigenvalue weighted by molar-refractivity contribution is 0.509. The average Bonchev–Trinajstić information content (AvgIpc) is 1.65. The predicted octanol–water partition coefficient (Wildman–Crippen LogP) is -0.704. The van der Waals surface area contributed by atoms with Gasteiger partial charge in [-0.1, -0.05) is 6.92 Å². The summed E-state index contributed by atoms with van der Waals surface area (Å²) >= 11 is 0. The Morgan fingerprint density at radius 3 is 1.75 bits per heavy atom. The summed E-state index contributed by atoms with van der Waals surface area (Å²) in [6, 6.07) is 0. The summed E-state index contributed by atoms with van der Waals surface area (Å²) in [7, 11) is -1.19. The van der Waals surface area contributed by atoms with Gasteiger partial charge in [-0.05, 0) is 13.6 Å². The van der Waals surface area contributed by atoms with Crippen molar-refractivity contribution in [3.63, 3.8) is 0 Å². The summed E-state index contributed by atoms with van der Waals surface area (Å²) < 4.78 is 24.2. The van der Waals surface area contributed by atoms with Crippen molar-refractivity contribution in [1.82, 2.24) is 5.32 Å². The minimum atomic E-state index is -3.12. The highest BCUT2D eigenvalue weighted by Gasteiger charge is 1.50. The van der Waals surface area contributed by atoms with Gasteiger partial charge in [-0.25, -0.2) is 8.42 Å². The van der Waals surface area contributed by atoms with Crippen molar-refractivity contribution in [2.75, 3.05) is 13.6 Å². The number of hydrogen-bond donors (Lipinski definition) is 3. The Bertz CT molecular complexity index is 80.5. The number of rotatable bonds is 1. The highest BCUT2D eigenvalue weighted by molar-refractivity contribution is 7.66. The van der Waals surface area contributed by atoms with E-state index in [1.807, 2.05) is 7.05 Å². The summed E-state index contributed by atoms with van der Waals surface area (Å²) in [6.45, 7) is 3.14. The van der Waals surface area contributed by atoms with Crippen molar-refractivity contribution in [3.05, 3.63) is 0 Å². The van der Waals surface area contributed by atoms with Crippen molar-refractivity contribution in [3.8, 4) is 0 Å². The quantitative estimate of drug-likeness (QED) is 0.333. The third-order valence-corrected chi connectivity index (χ3v) is 0.354. The van der Waals surface area contributed by atoms with E-state index in [9.17, 15) is 0 Å². The Morgan fingerprint density at radius 1 is 1.62 bits per heavy atom. The first-order chi connectivity index (χ1) is 3.65. The Morgan fingerprint density at radius 2 is 1.75 bits per heavy atom. The van der Waals surface area contributed by atoms with Gasteiger partial charge in [0.2, 0.25) is 0 Å². The Kier molecular flexibility index (Phi) is 13.4. The van der Waals surface area contributed by atoms with Crippen molar-refractivity contribution in [1.29, 1.82) is 0 Å². The van der Waals surface area contributed by atoms with E-state index in [1.165, 1.54) is 0 Å². The molecule has 0 aromatic rings. The van der Waals surface area contributed by atoms with E-state index >= 15 is 0 Å². The molecule has 4 nitrogen and oxygen atoms in total. The molecule has 0 aliphatic rings. The van der Waals surface area contributed by atoms with Crippen LogP contribution < -0.4 is 5.32 Å². The van der Waals surface area contributed by atoms with Crippen LogP contribution in [0.2, 0.25) is 0 Å². The normalized spacial score (nSPS) is 8.00. The molecule has 0 saturated carbocycles. The molecule has 5 heteroatoms. The zero-order valence-corrected chi connectivity index (χ0v) is 5.81. The fourth-order valence-corrected chi connectivity index (χ4v) is 0. The second-order valence-electron chi connectivity index (χ2n) is 0.945. The summed E-state index contributed by atoms with van der Waals surface area (Å²) in [6.07, 6.45) is 0. The van der Waals surface area contributed by atoms with Gasteiger partial charge in [-0.2, -0.15) is 0 Å². The first kappa shape index (κ1) is 10.8. The minimum Gasteiger partial charge on any atom is -0.320 e. The fourth-order valence-electron chi connectivity index (χ4n) is 0. The van der Waals surface area contributed by atoms with Crippen LogP contribution in [0, 0.1) is 0 Å². The van der Waals surface area contributed by atoms with Gasteiger partial charge in [-0.15, -0.1) is 0 Å². The maximum Gasteiger partial charge on any atom is 0.254 e. The van der Waals surface area contributed by atoms with Crippen LogP contribution in [0.1, 0.15) is 6.92 Å². The van der Waals surface area contributed by atoms with Crippen LogP contribution in [0.5, 0.6) is 0 Å². The molecular weight excluding hydrogens is 130 g/mol. The second kappa shape index (κ2) is 9.98. The monoisotopic (exact) mass is 141 g/mol. The third-order valence-electron chi connectivity index (χ3n) is 0.354. The van der Waals surface area contributed by atoms with Crippen molar-refractivity contribution < 1.29 is 13.0 Å². The summed E-state index contributed by atoms with van der Waals surface area (Å²) in [4.78, 5) is 0. The van der Waals surface area contributed by atoms with E-state index in [4.69, 9.17) is 13.0 Å². The number of hydrogen-bond acceptors (Lipinski definition) is 3. The lowest BCUT2D eigenvalue weighted by Gasteiger charge is -1.76. The first-order valence-corrected chi connectivity index (χ1v) is 3.26. The molecule has 0 radical (unpaired) electrons. The maximum atomic E-state index is 8.59. The van der Waals surface area contributed by atoms with E-state index in [0.717, 1.165) is 6.54 Å². The fraction of sp³-hybridized carbons (Fsp3) is 1.00. The van der Waals surface area contributed by atoms with Crippen LogP contribution >= 0.6 is 0 Å². The molecule has 0 rings (SSSR count). The van der Waals surface area contributed by atoms with Gasteiger partial charge in [-0.3, -0.25) is 4.55 Å². The molecule has 0 amide bonds. The Hall–Kier alpha value is -0.130. The molecule has 0 bridgehead atoms. The minimum absolute atomic E-state index is 1.07. The van der Waals surface area contributed by atoms with E-state index in [2.05, 4.69) is 12.2 Å². The predicted molar refractivity (Wildman–Crippen MR) is 32.5 cm³/mol. The van der Waals surface area contributed by atoms with Gasteiger partial charge in [0.05, 0.1) is 0 Å². The largest absolute Gasteiger partial charge is 0.320 e. The molecule has 0 unspecified atom stereocenters. The molecule has 0 fully saturated rings. The van der Waals surface area contributed by atoms with Crippen LogP contribution in [0.15, 0.2) is 0 Å². The average molecular weight is 141 g/mol. The molecule has 2 N–H and O–H groups in total. The molecule has 0 atom stereocenters. The smallest absolute Gasteiger partial charge is 0.254 e. The number of thiol groups is 1. The molecule has 0 saturated heterocycles. The third kappa shape index (κ3) is 184. The van der Waals surface area contributed by atoms with Gasteiger partial charge in [0, 0.05) is 0 Å². The summed E-state index contributed by atoms with van der Waals surface area (Å²) in [5, 5.41) is 2.93. The highest BCUT2D eigenvalue weighted by atomic mass is 32.2. The lowest BCUT2D eigenvalue weighted by atomic mass is 10.8. The van der Waals surface area contributed by atoms with Gasteiger partial charge in [0.1, 0.15) is 0 Å². The molecule has 0 aliphatic carbocycles.